The lowest BCUT2D eigenvalue weighted by molar-refractivity contribution is 0.554. The van der Waals surface area contributed by atoms with Crippen molar-refractivity contribution in [2.45, 2.75) is 83.1 Å². The molecule has 0 amide bonds. The van der Waals surface area contributed by atoms with Gasteiger partial charge in [0.05, 0.1) is 0 Å². The van der Waals surface area contributed by atoms with Gasteiger partial charge in [0.1, 0.15) is 4.58 Å². The van der Waals surface area contributed by atoms with Crippen LogP contribution in [0.15, 0.2) is 12.1 Å². The maximum atomic E-state index is 6.16. The highest BCUT2D eigenvalue weighted by Gasteiger charge is 2.29. The summed E-state index contributed by atoms with van der Waals surface area (Å²) in [5, 5.41) is 1.35. The molecule has 3 heteroatoms. The van der Waals surface area contributed by atoms with Gasteiger partial charge in [-0.05, 0) is 38.2 Å². The van der Waals surface area contributed by atoms with Gasteiger partial charge in [0, 0.05) is 0 Å². The average Bonchev–Trinajstić information content (AvgIpc) is 2.23. The van der Waals surface area contributed by atoms with Gasteiger partial charge in [-0.25, -0.2) is 0 Å². The van der Waals surface area contributed by atoms with Crippen LogP contribution in [0, 0.1) is 0 Å². The fourth-order valence-corrected chi connectivity index (χ4v) is 4.60. The summed E-state index contributed by atoms with van der Waals surface area (Å²) in [4.78, 5) is 0. The molecule has 0 bridgehead atoms. The number of hydrogen-bond acceptors (Lipinski definition) is 0. The third kappa shape index (κ3) is 5.12. The molecule has 0 aliphatic heterocycles. The van der Waals surface area contributed by atoms with E-state index in [2.05, 4.69) is 74.4 Å². The van der Waals surface area contributed by atoms with Crippen LogP contribution in [-0.4, -0.2) is 4.58 Å². The third-order valence-electron chi connectivity index (χ3n) is 3.87. The van der Waals surface area contributed by atoms with E-state index in [0.717, 1.165) is 0 Å². The zero-order valence-corrected chi connectivity index (χ0v) is 18.0. The number of rotatable bonds is 2. The van der Waals surface area contributed by atoms with Crippen LogP contribution in [0.3, 0.4) is 0 Å². The Kier molecular flexibility index (Phi) is 6.10. The van der Waals surface area contributed by atoms with E-state index in [4.69, 9.17) is 23.2 Å². The van der Waals surface area contributed by atoms with Crippen LogP contribution in [0.25, 0.3) is 0 Å². The number of halogens is 2. The monoisotopic (exact) mass is 360 g/mol. The molecule has 0 spiro atoms. The molecule has 0 radical (unpaired) electrons. The lowest BCUT2D eigenvalue weighted by Gasteiger charge is -2.33. The molecule has 0 saturated carbocycles. The second-order valence-electron chi connectivity index (χ2n) is 9.14. The Morgan fingerprint density at radius 2 is 1.09 bits per heavy atom. The fourth-order valence-electron chi connectivity index (χ4n) is 2.52. The van der Waals surface area contributed by atoms with Crippen molar-refractivity contribution < 1.29 is 0 Å². The summed E-state index contributed by atoms with van der Waals surface area (Å²) in [6.45, 7) is 20.4. The van der Waals surface area contributed by atoms with Crippen molar-refractivity contribution in [3.8, 4) is 0 Å². The minimum atomic E-state index is -0.345. The van der Waals surface area contributed by atoms with Crippen molar-refractivity contribution in [3.63, 3.8) is 0 Å². The molecule has 1 atom stereocenters. The molecule has 1 aromatic carbocycles. The molecular weight excluding hydrogens is 330 g/mol. The first-order chi connectivity index (χ1) is 9.64. The first-order valence-corrected chi connectivity index (χ1v) is 9.83. The van der Waals surface area contributed by atoms with E-state index >= 15 is 0 Å². The highest BCUT2D eigenvalue weighted by Crippen LogP contribution is 2.39. The topological polar surface area (TPSA) is 0 Å². The van der Waals surface area contributed by atoms with Gasteiger partial charge in [0.15, 0.2) is 0 Å². The summed E-state index contributed by atoms with van der Waals surface area (Å²) in [6, 6.07) is 4.74. The van der Waals surface area contributed by atoms with Gasteiger partial charge in [-0.1, -0.05) is 83.0 Å². The largest absolute Gasteiger partial charge is 0.127 e. The molecule has 126 valence electrons. The molecule has 0 saturated heterocycles. The van der Waals surface area contributed by atoms with Crippen LogP contribution < -0.4 is 5.30 Å². The summed E-state index contributed by atoms with van der Waals surface area (Å²) in [6.07, 6.45) is 0. The van der Waals surface area contributed by atoms with Gasteiger partial charge >= 0.3 is 0 Å². The van der Waals surface area contributed by atoms with E-state index in [9.17, 15) is 0 Å². The Morgan fingerprint density at radius 3 is 1.32 bits per heavy atom. The van der Waals surface area contributed by atoms with Crippen LogP contribution in [0.4, 0.5) is 0 Å². The van der Waals surface area contributed by atoms with Crippen LogP contribution in [0.1, 0.15) is 79.0 Å². The zero-order valence-electron chi connectivity index (χ0n) is 15.5. The van der Waals surface area contributed by atoms with Gasteiger partial charge < -0.3 is 0 Å². The lowest BCUT2D eigenvalue weighted by Crippen LogP contribution is -2.30. The van der Waals surface area contributed by atoms with E-state index in [1.807, 2.05) is 0 Å². The molecule has 0 fully saturated rings. The van der Waals surface area contributed by atoms with E-state index in [0.29, 0.717) is 8.58 Å². The Bertz CT molecular complexity index is 491. The molecule has 1 unspecified atom stereocenters. The van der Waals surface area contributed by atoms with Crippen molar-refractivity contribution >= 4 is 37.1 Å². The molecule has 1 rings (SSSR count). The fraction of sp³-hybridized carbons (Fsp3) is 0.684. The maximum absolute atomic E-state index is 6.16. The molecule has 1 aromatic rings. The average molecular weight is 361 g/mol. The van der Waals surface area contributed by atoms with Gasteiger partial charge in [-0.2, -0.15) is 0 Å². The van der Waals surface area contributed by atoms with Crippen LogP contribution in [0.5, 0.6) is 0 Å². The lowest BCUT2D eigenvalue weighted by atomic mass is 9.75. The summed E-state index contributed by atoms with van der Waals surface area (Å²) in [5.74, 6) is 0. The van der Waals surface area contributed by atoms with E-state index in [-0.39, 0.29) is 20.8 Å². The summed E-state index contributed by atoms with van der Waals surface area (Å²) >= 11 is 12.3. The molecule has 0 nitrogen and oxygen atoms in total. The number of hydrogen-bond donors (Lipinski definition) is 0. The molecule has 0 N–H and O–H groups in total. The quantitative estimate of drug-likeness (QED) is 0.409. The molecule has 0 aromatic heterocycles. The predicted molar refractivity (Wildman–Crippen MR) is 106 cm³/mol. The number of benzene rings is 1. The SMILES string of the molecule is CC(C)(C)c1cc(C(C)(C)C)c(PC(Cl)Cl)c(C(C)(C)C)c1. The zero-order chi connectivity index (χ0) is 17.5. The van der Waals surface area contributed by atoms with Crippen molar-refractivity contribution in [3.05, 3.63) is 28.8 Å². The summed E-state index contributed by atoms with van der Waals surface area (Å²) in [7, 11) is 0.416. The highest BCUT2D eigenvalue weighted by atomic mass is 35.5. The standard InChI is InChI=1S/C19H31Cl2P/c1-17(2,3)12-10-13(18(4,5)6)15(22-16(20)21)14(11-12)19(7,8)9/h10-11,16,22H,1-9H3. The van der Waals surface area contributed by atoms with Gasteiger partial charge in [-0.3, -0.25) is 0 Å². The molecule has 0 aliphatic carbocycles. The second kappa shape index (κ2) is 6.62. The van der Waals surface area contributed by atoms with Crippen molar-refractivity contribution in [1.29, 1.82) is 0 Å². The van der Waals surface area contributed by atoms with Crippen molar-refractivity contribution in [2.75, 3.05) is 0 Å². The first-order valence-electron chi connectivity index (χ1n) is 7.88. The minimum Gasteiger partial charge on any atom is -0.100 e. The van der Waals surface area contributed by atoms with Crippen LogP contribution >= 0.6 is 31.8 Å². The normalized spacial score (nSPS) is 14.4. The first kappa shape index (κ1) is 20.3. The Morgan fingerprint density at radius 1 is 0.727 bits per heavy atom. The van der Waals surface area contributed by atoms with Crippen molar-refractivity contribution in [2.24, 2.45) is 0 Å². The smallest absolute Gasteiger partial charge is 0.100 e. The summed E-state index contributed by atoms with van der Waals surface area (Å²) < 4.78 is -0.345. The number of alkyl halides is 2. The van der Waals surface area contributed by atoms with Gasteiger partial charge in [-0.15, -0.1) is 23.2 Å². The maximum Gasteiger partial charge on any atom is 0.127 e. The molecule has 0 heterocycles. The van der Waals surface area contributed by atoms with E-state index < -0.39 is 0 Å². The van der Waals surface area contributed by atoms with Crippen LogP contribution in [0.2, 0.25) is 0 Å². The molecule has 0 aliphatic rings. The van der Waals surface area contributed by atoms with Crippen molar-refractivity contribution in [1.82, 2.24) is 0 Å². The Balaban J connectivity index is 3.78. The third-order valence-corrected chi connectivity index (χ3v) is 5.57. The Hall–Kier alpha value is 0.230. The van der Waals surface area contributed by atoms with E-state index in [1.54, 1.807) is 0 Å². The van der Waals surface area contributed by atoms with Gasteiger partial charge in [0.25, 0.3) is 0 Å². The summed E-state index contributed by atoms with van der Waals surface area (Å²) in [5.41, 5.74) is 4.43. The predicted octanol–water partition coefficient (Wildman–Crippen LogP) is 6.64. The highest BCUT2D eigenvalue weighted by molar-refractivity contribution is 7.52. The van der Waals surface area contributed by atoms with E-state index in [1.165, 1.54) is 22.0 Å². The second-order valence-corrected chi connectivity index (χ2v) is 12.3. The minimum absolute atomic E-state index is 0.0757. The molecule has 22 heavy (non-hydrogen) atoms. The Labute approximate surface area is 149 Å². The van der Waals surface area contributed by atoms with Gasteiger partial charge in [0.2, 0.25) is 0 Å². The molecular formula is C19H31Cl2P. The van der Waals surface area contributed by atoms with Crippen LogP contribution in [-0.2, 0) is 16.2 Å².